The molecule has 0 atom stereocenters. The highest BCUT2D eigenvalue weighted by Crippen LogP contribution is 2.17. The van der Waals surface area contributed by atoms with Crippen molar-refractivity contribution in [2.24, 2.45) is 5.73 Å². The van der Waals surface area contributed by atoms with Gasteiger partial charge in [0.15, 0.2) is 0 Å². The van der Waals surface area contributed by atoms with E-state index < -0.39 is 5.91 Å². The lowest BCUT2D eigenvalue weighted by atomic mass is 10.2. The molecule has 0 fully saturated rings. The highest BCUT2D eigenvalue weighted by molar-refractivity contribution is 7.99. The zero-order valence-corrected chi connectivity index (χ0v) is 7.67. The van der Waals surface area contributed by atoms with Crippen LogP contribution in [0.1, 0.15) is 10.4 Å². The van der Waals surface area contributed by atoms with E-state index in [0.29, 0.717) is 11.3 Å². The Kier molecular flexibility index (Phi) is 3.35. The maximum Gasteiger partial charge on any atom is 0.248 e. The molecule has 0 bridgehead atoms. The molecule has 0 saturated heterocycles. The molecule has 0 aliphatic carbocycles. The van der Waals surface area contributed by atoms with E-state index in [1.807, 2.05) is 6.07 Å². The Bertz CT molecular complexity index is 340. The van der Waals surface area contributed by atoms with Crippen molar-refractivity contribution in [3.8, 4) is 6.07 Å². The number of carbonyl (C=O) groups is 1. The van der Waals surface area contributed by atoms with Crippen molar-refractivity contribution < 1.29 is 4.79 Å². The average Bonchev–Trinajstić information content (AvgIpc) is 2.15. The summed E-state index contributed by atoms with van der Waals surface area (Å²) in [7, 11) is 0. The van der Waals surface area contributed by atoms with Crippen LogP contribution in [0, 0.1) is 11.3 Å². The number of amides is 1. The molecular formula is C9H8N2OS. The fourth-order valence-electron chi connectivity index (χ4n) is 0.831. The van der Waals surface area contributed by atoms with E-state index in [4.69, 9.17) is 11.0 Å². The second-order valence-corrected chi connectivity index (χ2v) is 3.38. The van der Waals surface area contributed by atoms with Crippen molar-refractivity contribution in [2.75, 3.05) is 5.75 Å². The second-order valence-electron chi connectivity index (χ2n) is 2.34. The lowest BCUT2D eigenvalue weighted by molar-refractivity contribution is 0.100. The largest absolute Gasteiger partial charge is 0.366 e. The van der Waals surface area contributed by atoms with E-state index in [1.165, 1.54) is 11.8 Å². The minimum atomic E-state index is -0.433. The van der Waals surface area contributed by atoms with Gasteiger partial charge >= 0.3 is 0 Å². The summed E-state index contributed by atoms with van der Waals surface area (Å²) in [6.07, 6.45) is 0. The minimum absolute atomic E-state index is 0.413. The van der Waals surface area contributed by atoms with Gasteiger partial charge in [-0.05, 0) is 24.3 Å². The Labute approximate surface area is 80.5 Å². The van der Waals surface area contributed by atoms with E-state index in [9.17, 15) is 4.79 Å². The summed E-state index contributed by atoms with van der Waals surface area (Å²) in [6.45, 7) is 0. The maximum absolute atomic E-state index is 10.7. The summed E-state index contributed by atoms with van der Waals surface area (Å²) in [5.41, 5.74) is 5.55. The lowest BCUT2D eigenvalue weighted by Gasteiger charge is -1.97. The number of hydrogen-bond donors (Lipinski definition) is 1. The van der Waals surface area contributed by atoms with Gasteiger partial charge in [-0.2, -0.15) is 5.26 Å². The first-order valence-electron chi connectivity index (χ1n) is 3.63. The fraction of sp³-hybridized carbons (Fsp3) is 0.111. The smallest absolute Gasteiger partial charge is 0.248 e. The number of nitrogens with zero attached hydrogens (tertiary/aromatic N) is 1. The van der Waals surface area contributed by atoms with Crippen molar-refractivity contribution in [1.82, 2.24) is 0 Å². The number of benzene rings is 1. The second kappa shape index (κ2) is 4.53. The highest BCUT2D eigenvalue weighted by atomic mass is 32.2. The Balaban J connectivity index is 2.71. The third-order valence-electron chi connectivity index (χ3n) is 1.44. The summed E-state index contributed by atoms with van der Waals surface area (Å²) in [6, 6.07) is 8.89. The predicted molar refractivity (Wildman–Crippen MR) is 51.3 cm³/mol. The van der Waals surface area contributed by atoms with Gasteiger partial charge < -0.3 is 5.73 Å². The Hall–Kier alpha value is -1.47. The van der Waals surface area contributed by atoms with Crippen molar-refractivity contribution in [1.29, 1.82) is 5.26 Å². The summed E-state index contributed by atoms with van der Waals surface area (Å²) in [5.74, 6) is -0.0209. The number of nitriles is 1. The standard InChI is InChI=1S/C9H8N2OS/c10-5-6-13-8-3-1-7(2-4-8)9(11)12/h1-4H,6H2,(H2,11,12). The van der Waals surface area contributed by atoms with E-state index in [2.05, 4.69) is 0 Å². The Morgan fingerprint density at radius 2 is 2.08 bits per heavy atom. The Morgan fingerprint density at radius 3 is 2.54 bits per heavy atom. The molecule has 3 nitrogen and oxygen atoms in total. The summed E-state index contributed by atoms with van der Waals surface area (Å²) < 4.78 is 0. The molecule has 66 valence electrons. The molecule has 2 N–H and O–H groups in total. The minimum Gasteiger partial charge on any atom is -0.366 e. The molecule has 1 aromatic rings. The van der Waals surface area contributed by atoms with Crippen LogP contribution in [0.3, 0.4) is 0 Å². The maximum atomic E-state index is 10.7. The van der Waals surface area contributed by atoms with Gasteiger partial charge in [0.1, 0.15) is 0 Å². The highest BCUT2D eigenvalue weighted by Gasteiger charge is 1.99. The van der Waals surface area contributed by atoms with Crippen LogP contribution >= 0.6 is 11.8 Å². The average molecular weight is 192 g/mol. The van der Waals surface area contributed by atoms with Crippen molar-refractivity contribution in [3.63, 3.8) is 0 Å². The molecule has 0 aliphatic rings. The fourth-order valence-corrected chi connectivity index (χ4v) is 1.39. The van der Waals surface area contributed by atoms with Crippen LogP contribution in [0.5, 0.6) is 0 Å². The van der Waals surface area contributed by atoms with Crippen molar-refractivity contribution in [3.05, 3.63) is 29.8 Å². The molecule has 1 aromatic carbocycles. The van der Waals surface area contributed by atoms with Gasteiger partial charge in [0, 0.05) is 10.5 Å². The molecule has 0 radical (unpaired) electrons. The van der Waals surface area contributed by atoms with Gasteiger partial charge in [-0.25, -0.2) is 0 Å². The van der Waals surface area contributed by atoms with Gasteiger partial charge in [0.05, 0.1) is 11.8 Å². The van der Waals surface area contributed by atoms with Gasteiger partial charge in [-0.1, -0.05) is 0 Å². The zero-order chi connectivity index (χ0) is 9.68. The molecule has 1 rings (SSSR count). The summed E-state index contributed by atoms with van der Waals surface area (Å²) in [5, 5.41) is 8.33. The number of nitrogens with two attached hydrogens (primary N) is 1. The van der Waals surface area contributed by atoms with E-state index in [-0.39, 0.29) is 0 Å². The topological polar surface area (TPSA) is 66.9 Å². The molecule has 0 unspecified atom stereocenters. The molecule has 4 heteroatoms. The third-order valence-corrected chi connectivity index (χ3v) is 2.32. The van der Waals surface area contributed by atoms with Crippen LogP contribution in [-0.4, -0.2) is 11.7 Å². The van der Waals surface area contributed by atoms with Crippen LogP contribution < -0.4 is 5.73 Å². The number of thioether (sulfide) groups is 1. The van der Waals surface area contributed by atoms with Crippen molar-refractivity contribution >= 4 is 17.7 Å². The molecular weight excluding hydrogens is 184 g/mol. The van der Waals surface area contributed by atoms with E-state index in [0.717, 1.165) is 4.90 Å². The van der Waals surface area contributed by atoms with Gasteiger partial charge in [-0.3, -0.25) is 4.79 Å². The lowest BCUT2D eigenvalue weighted by Crippen LogP contribution is -2.10. The van der Waals surface area contributed by atoms with Crippen LogP contribution in [0.2, 0.25) is 0 Å². The molecule has 1 amide bonds. The molecule has 13 heavy (non-hydrogen) atoms. The Morgan fingerprint density at radius 1 is 1.46 bits per heavy atom. The van der Waals surface area contributed by atoms with Crippen LogP contribution in [0.25, 0.3) is 0 Å². The normalized spacial score (nSPS) is 9.15. The van der Waals surface area contributed by atoms with Crippen molar-refractivity contribution in [2.45, 2.75) is 4.90 Å². The molecule has 0 aromatic heterocycles. The number of carbonyl (C=O) groups excluding carboxylic acids is 1. The zero-order valence-electron chi connectivity index (χ0n) is 6.86. The molecule has 0 aliphatic heterocycles. The first-order chi connectivity index (χ1) is 6.24. The predicted octanol–water partition coefficient (Wildman–Crippen LogP) is 1.40. The molecule has 0 spiro atoms. The monoisotopic (exact) mass is 192 g/mol. The quantitative estimate of drug-likeness (QED) is 0.736. The first-order valence-corrected chi connectivity index (χ1v) is 4.62. The van der Waals surface area contributed by atoms with Crippen LogP contribution in [-0.2, 0) is 0 Å². The summed E-state index contributed by atoms with van der Waals surface area (Å²) >= 11 is 1.43. The molecule has 0 heterocycles. The SMILES string of the molecule is N#CCSc1ccc(C(N)=O)cc1. The number of primary amides is 1. The van der Waals surface area contributed by atoms with Gasteiger partial charge in [0.25, 0.3) is 0 Å². The van der Waals surface area contributed by atoms with Gasteiger partial charge in [0.2, 0.25) is 5.91 Å². The van der Waals surface area contributed by atoms with Crippen LogP contribution in [0.15, 0.2) is 29.2 Å². The number of rotatable bonds is 3. The van der Waals surface area contributed by atoms with E-state index in [1.54, 1.807) is 24.3 Å². The first kappa shape index (κ1) is 9.62. The van der Waals surface area contributed by atoms with Crippen LogP contribution in [0.4, 0.5) is 0 Å². The number of hydrogen-bond acceptors (Lipinski definition) is 3. The van der Waals surface area contributed by atoms with E-state index >= 15 is 0 Å². The third kappa shape index (κ3) is 2.80. The summed E-state index contributed by atoms with van der Waals surface area (Å²) in [4.78, 5) is 11.7. The molecule has 0 saturated carbocycles. The van der Waals surface area contributed by atoms with Gasteiger partial charge in [-0.15, -0.1) is 11.8 Å².